The van der Waals surface area contributed by atoms with Gasteiger partial charge in [0.2, 0.25) is 0 Å². The van der Waals surface area contributed by atoms with Crippen LogP contribution in [0.1, 0.15) is 27.0 Å². The molecule has 2 rings (SSSR count). The third kappa shape index (κ3) is 3.01. The van der Waals surface area contributed by atoms with E-state index in [-0.39, 0.29) is 12.1 Å². The van der Waals surface area contributed by atoms with Gasteiger partial charge in [-0.2, -0.15) is 5.26 Å². The molecule has 0 saturated carbocycles. The molecule has 0 aliphatic carbocycles. The number of rotatable bonds is 3. The second kappa shape index (κ2) is 5.98. The first kappa shape index (κ1) is 13.8. The summed E-state index contributed by atoms with van der Waals surface area (Å²) >= 11 is 0. The van der Waals surface area contributed by atoms with E-state index >= 15 is 0 Å². The number of nitriles is 1. The smallest absolute Gasteiger partial charge is 0.254 e. The molecule has 0 aromatic heterocycles. The first-order chi connectivity index (χ1) is 9.61. The average molecular weight is 268 g/mol. The number of hydrogen-bond donors (Lipinski definition) is 1. The van der Waals surface area contributed by atoms with E-state index in [4.69, 9.17) is 5.26 Å². The van der Waals surface area contributed by atoms with E-state index < -0.39 is 11.7 Å². The van der Waals surface area contributed by atoms with E-state index in [0.29, 0.717) is 11.1 Å². The fourth-order valence-corrected chi connectivity index (χ4v) is 1.80. The topological polar surface area (TPSA) is 52.9 Å². The van der Waals surface area contributed by atoms with Crippen LogP contribution < -0.4 is 5.32 Å². The van der Waals surface area contributed by atoms with E-state index in [1.807, 2.05) is 6.07 Å². The van der Waals surface area contributed by atoms with Gasteiger partial charge >= 0.3 is 0 Å². The molecule has 2 aromatic rings. The highest BCUT2D eigenvalue weighted by molar-refractivity contribution is 5.94. The van der Waals surface area contributed by atoms with E-state index in [9.17, 15) is 9.18 Å². The quantitative estimate of drug-likeness (QED) is 0.930. The Morgan fingerprint density at radius 1 is 1.25 bits per heavy atom. The molecule has 0 aliphatic rings. The number of carbonyl (C=O) groups is 1. The molecule has 1 amide bonds. The molecule has 0 atom stereocenters. The van der Waals surface area contributed by atoms with Gasteiger partial charge in [-0.15, -0.1) is 0 Å². The molecule has 0 unspecified atom stereocenters. The summed E-state index contributed by atoms with van der Waals surface area (Å²) in [4.78, 5) is 11.9. The molecule has 0 bridgehead atoms. The molecule has 2 aromatic carbocycles. The Labute approximate surface area is 116 Å². The number of benzene rings is 2. The lowest BCUT2D eigenvalue weighted by Crippen LogP contribution is -2.24. The SMILES string of the molecule is Cc1cccc(C(=O)NCc2ccc(C#N)cc2)c1F. The van der Waals surface area contributed by atoms with Crippen LogP contribution >= 0.6 is 0 Å². The van der Waals surface area contributed by atoms with Crippen LogP contribution in [-0.2, 0) is 6.54 Å². The molecule has 3 nitrogen and oxygen atoms in total. The maximum Gasteiger partial charge on any atom is 0.254 e. The maximum atomic E-state index is 13.8. The molecule has 0 saturated heterocycles. The maximum absolute atomic E-state index is 13.8. The van der Waals surface area contributed by atoms with Gasteiger partial charge < -0.3 is 5.32 Å². The van der Waals surface area contributed by atoms with E-state index in [1.54, 1.807) is 43.3 Å². The van der Waals surface area contributed by atoms with Crippen molar-refractivity contribution in [2.75, 3.05) is 0 Å². The largest absolute Gasteiger partial charge is 0.348 e. The molecule has 0 radical (unpaired) electrons. The van der Waals surface area contributed by atoms with Crippen LogP contribution in [0.3, 0.4) is 0 Å². The highest BCUT2D eigenvalue weighted by atomic mass is 19.1. The van der Waals surface area contributed by atoms with Gasteiger partial charge in [0.1, 0.15) is 5.82 Å². The predicted octanol–water partition coefficient (Wildman–Crippen LogP) is 2.94. The highest BCUT2D eigenvalue weighted by Crippen LogP contribution is 2.12. The van der Waals surface area contributed by atoms with Gasteiger partial charge in [-0.25, -0.2) is 4.39 Å². The first-order valence-corrected chi connectivity index (χ1v) is 6.14. The average Bonchev–Trinajstić information content (AvgIpc) is 2.48. The standard InChI is InChI=1S/C16H13FN2O/c1-11-3-2-4-14(15(11)17)16(20)19-10-13-7-5-12(9-18)6-8-13/h2-8H,10H2,1H3,(H,19,20). The third-order valence-electron chi connectivity index (χ3n) is 2.97. The molecule has 0 heterocycles. The monoisotopic (exact) mass is 268 g/mol. The molecule has 20 heavy (non-hydrogen) atoms. The Morgan fingerprint density at radius 3 is 2.60 bits per heavy atom. The molecular formula is C16H13FN2O. The Bertz CT molecular complexity index is 672. The molecular weight excluding hydrogens is 255 g/mol. The summed E-state index contributed by atoms with van der Waals surface area (Å²) in [5.74, 6) is -0.944. The minimum absolute atomic E-state index is 0.0404. The molecule has 1 N–H and O–H groups in total. The fraction of sp³-hybridized carbons (Fsp3) is 0.125. The summed E-state index contributed by atoms with van der Waals surface area (Å²) < 4.78 is 13.8. The van der Waals surface area contributed by atoms with Gasteiger partial charge in [-0.3, -0.25) is 4.79 Å². The van der Waals surface area contributed by atoms with Crippen LogP contribution in [-0.4, -0.2) is 5.91 Å². The number of carbonyl (C=O) groups excluding carboxylic acids is 1. The molecule has 0 spiro atoms. The first-order valence-electron chi connectivity index (χ1n) is 6.14. The summed E-state index contributed by atoms with van der Waals surface area (Å²) in [6, 6.07) is 13.6. The predicted molar refractivity (Wildman–Crippen MR) is 73.5 cm³/mol. The van der Waals surface area contributed by atoms with E-state index in [2.05, 4.69) is 5.32 Å². The summed E-state index contributed by atoms with van der Waals surface area (Å²) in [5, 5.41) is 11.3. The minimum atomic E-state index is -0.496. The second-order valence-electron chi connectivity index (χ2n) is 4.43. The zero-order valence-corrected chi connectivity index (χ0v) is 11.0. The normalized spacial score (nSPS) is 9.85. The van der Waals surface area contributed by atoms with Gasteiger partial charge in [0.15, 0.2) is 0 Å². The molecule has 100 valence electrons. The van der Waals surface area contributed by atoms with Crippen LogP contribution in [0, 0.1) is 24.1 Å². The van der Waals surface area contributed by atoms with Crippen molar-refractivity contribution in [3.8, 4) is 6.07 Å². The van der Waals surface area contributed by atoms with Crippen molar-refractivity contribution < 1.29 is 9.18 Å². The Balaban J connectivity index is 2.05. The van der Waals surface area contributed by atoms with Gasteiger partial charge in [-0.1, -0.05) is 24.3 Å². The van der Waals surface area contributed by atoms with Crippen molar-refractivity contribution in [1.29, 1.82) is 5.26 Å². The zero-order valence-electron chi connectivity index (χ0n) is 11.0. The van der Waals surface area contributed by atoms with Gasteiger partial charge in [0.25, 0.3) is 5.91 Å². The lowest BCUT2D eigenvalue weighted by molar-refractivity contribution is 0.0946. The van der Waals surface area contributed by atoms with E-state index in [0.717, 1.165) is 5.56 Å². The molecule has 4 heteroatoms. The van der Waals surface area contributed by atoms with Crippen LogP contribution in [0.15, 0.2) is 42.5 Å². The summed E-state index contributed by atoms with van der Waals surface area (Å²) in [5.41, 5.74) is 1.89. The summed E-state index contributed by atoms with van der Waals surface area (Å²) in [7, 11) is 0. The number of hydrogen-bond acceptors (Lipinski definition) is 2. The van der Waals surface area contributed by atoms with Crippen LogP contribution in [0.5, 0.6) is 0 Å². The van der Waals surface area contributed by atoms with E-state index in [1.165, 1.54) is 6.07 Å². The second-order valence-corrected chi connectivity index (χ2v) is 4.43. The van der Waals surface area contributed by atoms with Crippen molar-refractivity contribution in [3.05, 3.63) is 70.5 Å². The van der Waals surface area contributed by atoms with Crippen molar-refractivity contribution in [3.63, 3.8) is 0 Å². The van der Waals surface area contributed by atoms with Gasteiger partial charge in [0.05, 0.1) is 17.2 Å². The van der Waals surface area contributed by atoms with Crippen molar-refractivity contribution >= 4 is 5.91 Å². The van der Waals surface area contributed by atoms with Crippen LogP contribution in [0.2, 0.25) is 0 Å². The molecule has 0 fully saturated rings. The number of halogens is 1. The van der Waals surface area contributed by atoms with Crippen molar-refractivity contribution in [1.82, 2.24) is 5.32 Å². The van der Waals surface area contributed by atoms with Crippen molar-refractivity contribution in [2.24, 2.45) is 0 Å². The number of aryl methyl sites for hydroxylation is 1. The highest BCUT2D eigenvalue weighted by Gasteiger charge is 2.12. The fourth-order valence-electron chi connectivity index (χ4n) is 1.80. The zero-order chi connectivity index (χ0) is 14.5. The Kier molecular flexibility index (Phi) is 4.11. The third-order valence-corrected chi connectivity index (χ3v) is 2.97. The lowest BCUT2D eigenvalue weighted by Gasteiger charge is -2.07. The number of nitrogens with one attached hydrogen (secondary N) is 1. The minimum Gasteiger partial charge on any atom is -0.348 e. The Morgan fingerprint density at radius 2 is 1.95 bits per heavy atom. The Hall–Kier alpha value is -2.67. The molecule has 0 aliphatic heterocycles. The van der Waals surface area contributed by atoms with Gasteiger partial charge in [0, 0.05) is 6.54 Å². The number of nitrogens with zero attached hydrogens (tertiary/aromatic N) is 1. The van der Waals surface area contributed by atoms with Gasteiger partial charge in [-0.05, 0) is 36.2 Å². The summed E-state index contributed by atoms with van der Waals surface area (Å²) in [6.45, 7) is 1.91. The van der Waals surface area contributed by atoms with Crippen LogP contribution in [0.25, 0.3) is 0 Å². The number of amides is 1. The van der Waals surface area contributed by atoms with Crippen LogP contribution in [0.4, 0.5) is 4.39 Å². The van der Waals surface area contributed by atoms with Crippen molar-refractivity contribution in [2.45, 2.75) is 13.5 Å². The summed E-state index contributed by atoms with van der Waals surface area (Å²) in [6.07, 6.45) is 0. The lowest BCUT2D eigenvalue weighted by atomic mass is 10.1.